The predicted octanol–water partition coefficient (Wildman–Crippen LogP) is 2.04. The van der Waals surface area contributed by atoms with E-state index in [-0.39, 0.29) is 18.3 Å². The minimum atomic E-state index is -1.01. The third kappa shape index (κ3) is 4.39. The van der Waals surface area contributed by atoms with Crippen molar-refractivity contribution >= 4 is 11.4 Å². The number of nitrogens with two attached hydrogens (primary N) is 1. The topological polar surface area (TPSA) is 90.4 Å². The number of hydrogen-bond acceptors (Lipinski definition) is 5. The SMILES string of the molecule is COCC(CCCN)Nc1c(F)cc(F)cc1[N+](=O)[O-]. The maximum atomic E-state index is 13.7. The summed E-state index contributed by atoms with van der Waals surface area (Å²) >= 11 is 0. The van der Waals surface area contributed by atoms with Gasteiger partial charge in [-0.15, -0.1) is 0 Å². The number of nitro groups is 1. The van der Waals surface area contributed by atoms with Crippen molar-refractivity contribution in [1.29, 1.82) is 0 Å². The Morgan fingerprint density at radius 2 is 2.20 bits per heavy atom. The molecule has 0 fully saturated rings. The van der Waals surface area contributed by atoms with Gasteiger partial charge in [-0.3, -0.25) is 10.1 Å². The average Bonchev–Trinajstić information content (AvgIpc) is 2.38. The number of hydrogen-bond donors (Lipinski definition) is 2. The molecule has 8 heteroatoms. The van der Waals surface area contributed by atoms with Crippen molar-refractivity contribution < 1.29 is 18.4 Å². The monoisotopic (exact) mass is 289 g/mol. The molecule has 0 radical (unpaired) electrons. The molecular formula is C12H17F2N3O3. The molecule has 20 heavy (non-hydrogen) atoms. The number of ether oxygens (including phenoxy) is 1. The molecule has 6 nitrogen and oxygen atoms in total. The van der Waals surface area contributed by atoms with Crippen molar-refractivity contribution in [2.24, 2.45) is 5.73 Å². The maximum Gasteiger partial charge on any atom is 0.298 e. The number of anilines is 1. The zero-order valence-electron chi connectivity index (χ0n) is 11.1. The van der Waals surface area contributed by atoms with E-state index < -0.39 is 22.2 Å². The first kappa shape index (κ1) is 16.3. The summed E-state index contributed by atoms with van der Waals surface area (Å²) in [5.74, 6) is -2.00. The van der Waals surface area contributed by atoms with Gasteiger partial charge in [0.1, 0.15) is 11.5 Å². The number of rotatable bonds is 8. The van der Waals surface area contributed by atoms with Gasteiger partial charge in [-0.25, -0.2) is 8.78 Å². The van der Waals surface area contributed by atoms with E-state index in [1.54, 1.807) is 0 Å². The van der Waals surface area contributed by atoms with Gasteiger partial charge in [-0.1, -0.05) is 0 Å². The first-order valence-electron chi connectivity index (χ1n) is 6.08. The van der Waals surface area contributed by atoms with Crippen LogP contribution in [-0.4, -0.2) is 31.2 Å². The summed E-state index contributed by atoms with van der Waals surface area (Å²) in [4.78, 5) is 10.0. The van der Waals surface area contributed by atoms with E-state index in [0.29, 0.717) is 31.5 Å². The Kier molecular flexibility index (Phi) is 6.26. The number of nitrogens with zero attached hydrogens (tertiary/aromatic N) is 1. The van der Waals surface area contributed by atoms with E-state index >= 15 is 0 Å². The second kappa shape index (κ2) is 7.71. The lowest BCUT2D eigenvalue weighted by molar-refractivity contribution is -0.384. The van der Waals surface area contributed by atoms with Crippen LogP contribution in [0.1, 0.15) is 12.8 Å². The number of nitrogens with one attached hydrogen (secondary N) is 1. The molecule has 0 aliphatic rings. The third-order valence-corrected chi connectivity index (χ3v) is 2.70. The zero-order valence-corrected chi connectivity index (χ0v) is 11.1. The number of halogens is 2. The molecule has 0 aliphatic carbocycles. The summed E-state index contributed by atoms with van der Waals surface area (Å²) in [7, 11) is 1.46. The van der Waals surface area contributed by atoms with Gasteiger partial charge in [0.2, 0.25) is 0 Å². The fourth-order valence-corrected chi connectivity index (χ4v) is 1.81. The van der Waals surface area contributed by atoms with E-state index in [4.69, 9.17) is 10.5 Å². The lowest BCUT2D eigenvalue weighted by Gasteiger charge is -2.19. The van der Waals surface area contributed by atoms with Gasteiger partial charge in [0.25, 0.3) is 5.69 Å². The summed E-state index contributed by atoms with van der Waals surface area (Å²) in [5.41, 5.74) is 4.41. The van der Waals surface area contributed by atoms with Crippen molar-refractivity contribution in [3.8, 4) is 0 Å². The van der Waals surface area contributed by atoms with Crippen LogP contribution < -0.4 is 11.1 Å². The van der Waals surface area contributed by atoms with Crippen molar-refractivity contribution in [3.63, 3.8) is 0 Å². The molecule has 0 saturated carbocycles. The number of methoxy groups -OCH3 is 1. The molecule has 0 aliphatic heterocycles. The number of benzene rings is 1. The van der Waals surface area contributed by atoms with Crippen molar-refractivity contribution in [3.05, 3.63) is 33.9 Å². The quantitative estimate of drug-likeness (QED) is 0.564. The van der Waals surface area contributed by atoms with Crippen LogP contribution in [0.15, 0.2) is 12.1 Å². The minimum Gasteiger partial charge on any atom is -0.383 e. The van der Waals surface area contributed by atoms with Crippen molar-refractivity contribution in [2.45, 2.75) is 18.9 Å². The molecule has 112 valence electrons. The lowest BCUT2D eigenvalue weighted by Crippen LogP contribution is -2.27. The van der Waals surface area contributed by atoms with Crippen LogP contribution in [0.25, 0.3) is 0 Å². The van der Waals surface area contributed by atoms with Crippen LogP contribution in [0.5, 0.6) is 0 Å². The van der Waals surface area contributed by atoms with Crippen molar-refractivity contribution in [2.75, 3.05) is 25.6 Å². The molecule has 1 rings (SSSR count). The second-order valence-electron chi connectivity index (χ2n) is 4.27. The smallest absolute Gasteiger partial charge is 0.298 e. The standard InChI is InChI=1S/C12H17F2N3O3/c1-20-7-9(3-2-4-15)16-12-10(14)5-8(13)6-11(12)17(18)19/h5-6,9,16H,2-4,7,15H2,1H3. The van der Waals surface area contributed by atoms with Crippen molar-refractivity contribution in [1.82, 2.24) is 0 Å². The van der Waals surface area contributed by atoms with Gasteiger partial charge < -0.3 is 15.8 Å². The molecule has 0 spiro atoms. The zero-order chi connectivity index (χ0) is 15.1. The molecule has 1 aromatic carbocycles. The highest BCUT2D eigenvalue weighted by Crippen LogP contribution is 2.29. The van der Waals surface area contributed by atoms with Crippen LogP contribution in [0.4, 0.5) is 20.2 Å². The molecule has 1 unspecified atom stereocenters. The molecule has 0 aromatic heterocycles. The van der Waals surface area contributed by atoms with Crippen LogP contribution in [0, 0.1) is 21.7 Å². The molecule has 0 heterocycles. The Hall–Kier alpha value is -1.80. The summed E-state index contributed by atoms with van der Waals surface area (Å²) in [5, 5.41) is 13.6. The molecule has 3 N–H and O–H groups in total. The van der Waals surface area contributed by atoms with E-state index in [2.05, 4.69) is 5.32 Å². The largest absolute Gasteiger partial charge is 0.383 e. The fourth-order valence-electron chi connectivity index (χ4n) is 1.81. The van der Waals surface area contributed by atoms with Crippen LogP contribution in [0.2, 0.25) is 0 Å². The third-order valence-electron chi connectivity index (χ3n) is 2.70. The lowest BCUT2D eigenvalue weighted by atomic mass is 10.1. The highest BCUT2D eigenvalue weighted by Gasteiger charge is 2.22. The van der Waals surface area contributed by atoms with E-state index in [1.807, 2.05) is 0 Å². The van der Waals surface area contributed by atoms with E-state index in [1.165, 1.54) is 7.11 Å². The molecule has 1 atom stereocenters. The normalized spacial score (nSPS) is 12.2. The Balaban J connectivity index is 3.01. The molecule has 0 amide bonds. The molecule has 0 saturated heterocycles. The van der Waals surface area contributed by atoms with Crippen LogP contribution in [-0.2, 0) is 4.74 Å². The first-order valence-corrected chi connectivity index (χ1v) is 6.08. The second-order valence-corrected chi connectivity index (χ2v) is 4.27. The summed E-state index contributed by atoms with van der Waals surface area (Å²) in [6.45, 7) is 0.670. The predicted molar refractivity (Wildman–Crippen MR) is 70.6 cm³/mol. The fraction of sp³-hybridized carbons (Fsp3) is 0.500. The minimum absolute atomic E-state index is 0.230. The van der Waals surface area contributed by atoms with Gasteiger partial charge >= 0.3 is 0 Å². The molecule has 1 aromatic rings. The van der Waals surface area contributed by atoms with E-state index in [0.717, 1.165) is 0 Å². The molecular weight excluding hydrogens is 272 g/mol. The van der Waals surface area contributed by atoms with Gasteiger partial charge in [-0.2, -0.15) is 0 Å². The number of nitro benzene ring substituents is 1. The van der Waals surface area contributed by atoms with Gasteiger partial charge in [0, 0.05) is 19.2 Å². The average molecular weight is 289 g/mol. The van der Waals surface area contributed by atoms with Crippen LogP contribution in [0.3, 0.4) is 0 Å². The Morgan fingerprint density at radius 3 is 2.75 bits per heavy atom. The highest BCUT2D eigenvalue weighted by molar-refractivity contribution is 5.63. The van der Waals surface area contributed by atoms with Gasteiger partial charge in [0.15, 0.2) is 5.82 Å². The Morgan fingerprint density at radius 1 is 1.50 bits per heavy atom. The van der Waals surface area contributed by atoms with Crippen LogP contribution >= 0.6 is 0 Å². The van der Waals surface area contributed by atoms with Gasteiger partial charge in [-0.05, 0) is 19.4 Å². The summed E-state index contributed by atoms with van der Waals surface area (Å²) in [6.07, 6.45) is 1.20. The summed E-state index contributed by atoms with van der Waals surface area (Å²) < 4.78 is 31.7. The highest BCUT2D eigenvalue weighted by atomic mass is 19.1. The summed E-state index contributed by atoms with van der Waals surface area (Å²) in [6, 6.07) is 0.933. The Bertz CT molecular complexity index is 472. The van der Waals surface area contributed by atoms with Gasteiger partial charge in [0.05, 0.1) is 17.6 Å². The Labute approximate surface area is 115 Å². The molecule has 0 bridgehead atoms. The van der Waals surface area contributed by atoms with E-state index in [9.17, 15) is 18.9 Å². The maximum absolute atomic E-state index is 13.7. The first-order chi connectivity index (χ1) is 9.49.